The van der Waals surface area contributed by atoms with E-state index in [0.29, 0.717) is 5.82 Å². The molecule has 1 aliphatic rings. The number of hydrazine groups is 1. The molecular weight excluding hydrogens is 280 g/mol. The fraction of sp³-hybridized carbons (Fsp3) is 0.133. The lowest BCUT2D eigenvalue weighted by atomic mass is 9.97. The van der Waals surface area contributed by atoms with Crippen LogP contribution in [-0.2, 0) is 0 Å². The Morgan fingerprint density at radius 1 is 1.09 bits per heavy atom. The number of hydrogen-bond acceptors (Lipinski definition) is 6. The Labute approximate surface area is 126 Å². The lowest BCUT2D eigenvalue weighted by Gasteiger charge is -2.12. The third-order valence-electron chi connectivity index (χ3n) is 3.77. The largest absolute Gasteiger partial charge is 0.497 e. The van der Waals surface area contributed by atoms with Crippen molar-refractivity contribution >= 4 is 5.69 Å². The highest BCUT2D eigenvalue weighted by Gasteiger charge is 2.24. The number of ether oxygens (including phenoxy) is 1. The van der Waals surface area contributed by atoms with Crippen LogP contribution in [0.1, 0.15) is 17.2 Å². The smallest absolute Gasteiger partial charge is 0.204 e. The van der Waals surface area contributed by atoms with Crippen molar-refractivity contribution in [1.29, 1.82) is 0 Å². The quantitative estimate of drug-likeness (QED) is 0.684. The van der Waals surface area contributed by atoms with Gasteiger partial charge in [0.1, 0.15) is 5.75 Å². The van der Waals surface area contributed by atoms with Crippen LogP contribution >= 0.6 is 0 Å². The first-order valence-electron chi connectivity index (χ1n) is 6.88. The van der Waals surface area contributed by atoms with Crippen molar-refractivity contribution in [3.63, 3.8) is 0 Å². The van der Waals surface area contributed by atoms with Gasteiger partial charge < -0.3 is 10.2 Å². The Hall–Kier alpha value is -2.93. The fourth-order valence-corrected chi connectivity index (χ4v) is 2.63. The van der Waals surface area contributed by atoms with Crippen molar-refractivity contribution < 1.29 is 4.74 Å². The molecule has 7 nitrogen and oxygen atoms in total. The van der Waals surface area contributed by atoms with Crippen LogP contribution in [-0.4, -0.2) is 27.7 Å². The second-order valence-corrected chi connectivity index (χ2v) is 5.01. The molecule has 1 atom stereocenters. The first kappa shape index (κ1) is 12.8. The maximum absolute atomic E-state index is 5.21. The van der Waals surface area contributed by atoms with E-state index in [1.54, 1.807) is 7.11 Å². The van der Waals surface area contributed by atoms with Gasteiger partial charge in [0.2, 0.25) is 5.82 Å². The lowest BCUT2D eigenvalue weighted by molar-refractivity contribution is 0.414. The number of nitrogens with one attached hydrogen (secondary N) is 3. The second kappa shape index (κ2) is 5.12. The monoisotopic (exact) mass is 294 g/mol. The zero-order chi connectivity index (χ0) is 14.9. The molecule has 0 bridgehead atoms. The van der Waals surface area contributed by atoms with Crippen molar-refractivity contribution in [2.45, 2.75) is 6.04 Å². The molecule has 0 aliphatic carbocycles. The Bertz CT molecular complexity index is 784. The van der Waals surface area contributed by atoms with E-state index < -0.39 is 0 Å². The maximum Gasteiger partial charge on any atom is 0.204 e. The minimum atomic E-state index is 0.0627. The van der Waals surface area contributed by atoms with Crippen LogP contribution in [0.5, 0.6) is 5.75 Å². The molecule has 1 aliphatic heterocycles. The van der Waals surface area contributed by atoms with Crippen molar-refractivity contribution in [1.82, 2.24) is 26.0 Å². The summed E-state index contributed by atoms with van der Waals surface area (Å²) in [5.74, 6) is 1.43. The van der Waals surface area contributed by atoms with Gasteiger partial charge in [0.05, 0.1) is 18.8 Å². The molecule has 0 fully saturated rings. The Balaban J connectivity index is 1.72. The van der Waals surface area contributed by atoms with Gasteiger partial charge in [0, 0.05) is 11.1 Å². The van der Waals surface area contributed by atoms with E-state index in [1.807, 2.05) is 36.4 Å². The van der Waals surface area contributed by atoms with Gasteiger partial charge in [-0.1, -0.05) is 12.1 Å². The molecule has 4 rings (SSSR count). The van der Waals surface area contributed by atoms with Gasteiger partial charge in [-0.15, -0.1) is 10.2 Å². The summed E-state index contributed by atoms with van der Waals surface area (Å²) in [4.78, 5) is 0. The van der Waals surface area contributed by atoms with Gasteiger partial charge in [0.25, 0.3) is 0 Å². The average Bonchev–Trinajstić information content (AvgIpc) is 3.24. The molecule has 0 saturated heterocycles. The van der Waals surface area contributed by atoms with E-state index in [0.717, 1.165) is 28.1 Å². The van der Waals surface area contributed by atoms with Gasteiger partial charge >= 0.3 is 0 Å². The number of methoxy groups -OCH3 is 1. The molecule has 0 amide bonds. The summed E-state index contributed by atoms with van der Waals surface area (Å²) in [5.41, 5.74) is 10.8. The molecule has 3 aromatic rings. The van der Waals surface area contributed by atoms with Gasteiger partial charge in [-0.25, -0.2) is 5.43 Å². The first-order chi connectivity index (χ1) is 10.8. The van der Waals surface area contributed by atoms with Crippen LogP contribution in [0, 0.1) is 0 Å². The molecule has 2 heterocycles. The number of aromatic amines is 1. The number of tetrazole rings is 1. The predicted molar refractivity (Wildman–Crippen MR) is 81.2 cm³/mol. The minimum Gasteiger partial charge on any atom is -0.497 e. The number of aromatic nitrogens is 4. The number of H-pyrrole nitrogens is 1. The SMILES string of the molecule is COc1ccc(C2NNc3ccc(-c4nn[nH]n4)cc32)cc1. The molecule has 7 heteroatoms. The zero-order valence-corrected chi connectivity index (χ0v) is 11.9. The molecule has 0 saturated carbocycles. The molecule has 1 unspecified atom stereocenters. The minimum absolute atomic E-state index is 0.0627. The van der Waals surface area contributed by atoms with Crippen LogP contribution in [0.15, 0.2) is 42.5 Å². The van der Waals surface area contributed by atoms with Gasteiger partial charge in [-0.05, 0) is 41.1 Å². The maximum atomic E-state index is 5.21. The highest BCUT2D eigenvalue weighted by Crippen LogP contribution is 2.35. The Morgan fingerprint density at radius 2 is 1.95 bits per heavy atom. The average molecular weight is 294 g/mol. The van der Waals surface area contributed by atoms with Crippen molar-refractivity contribution in [3.8, 4) is 17.1 Å². The highest BCUT2D eigenvalue weighted by atomic mass is 16.5. The lowest BCUT2D eigenvalue weighted by Crippen LogP contribution is -2.19. The van der Waals surface area contributed by atoms with Crippen LogP contribution in [0.2, 0.25) is 0 Å². The zero-order valence-electron chi connectivity index (χ0n) is 11.9. The molecular formula is C15H14N6O. The first-order valence-corrected chi connectivity index (χ1v) is 6.88. The van der Waals surface area contributed by atoms with Crippen LogP contribution in [0.4, 0.5) is 5.69 Å². The summed E-state index contributed by atoms with van der Waals surface area (Å²) in [7, 11) is 1.66. The van der Waals surface area contributed by atoms with Gasteiger partial charge in [-0.2, -0.15) is 5.21 Å². The van der Waals surface area contributed by atoms with Crippen LogP contribution < -0.4 is 15.6 Å². The number of nitrogens with zero attached hydrogens (tertiary/aromatic N) is 3. The third-order valence-corrected chi connectivity index (χ3v) is 3.77. The third kappa shape index (κ3) is 2.08. The van der Waals surface area contributed by atoms with E-state index in [4.69, 9.17) is 4.74 Å². The molecule has 22 heavy (non-hydrogen) atoms. The normalized spacial score (nSPS) is 16.1. The van der Waals surface area contributed by atoms with Gasteiger partial charge in [0.15, 0.2) is 0 Å². The van der Waals surface area contributed by atoms with Crippen molar-refractivity contribution in [2.75, 3.05) is 12.5 Å². The van der Waals surface area contributed by atoms with E-state index >= 15 is 0 Å². The molecule has 0 spiro atoms. The van der Waals surface area contributed by atoms with E-state index in [1.165, 1.54) is 0 Å². The summed E-state index contributed by atoms with van der Waals surface area (Å²) >= 11 is 0. The molecule has 2 aromatic carbocycles. The summed E-state index contributed by atoms with van der Waals surface area (Å²) in [6.07, 6.45) is 0. The van der Waals surface area contributed by atoms with E-state index in [-0.39, 0.29) is 6.04 Å². The number of anilines is 1. The Morgan fingerprint density at radius 3 is 2.68 bits per heavy atom. The van der Waals surface area contributed by atoms with Crippen LogP contribution in [0.3, 0.4) is 0 Å². The molecule has 110 valence electrons. The highest BCUT2D eigenvalue weighted by molar-refractivity contribution is 5.67. The predicted octanol–water partition coefficient (Wildman–Crippen LogP) is 1.89. The fourth-order valence-electron chi connectivity index (χ4n) is 2.63. The Kier molecular flexibility index (Phi) is 2.97. The molecule has 0 radical (unpaired) electrons. The van der Waals surface area contributed by atoms with Crippen molar-refractivity contribution in [2.24, 2.45) is 0 Å². The number of rotatable bonds is 3. The number of hydrogen-bond donors (Lipinski definition) is 3. The van der Waals surface area contributed by atoms with Gasteiger partial charge in [-0.3, -0.25) is 0 Å². The molecule has 3 N–H and O–H groups in total. The van der Waals surface area contributed by atoms with Crippen molar-refractivity contribution in [3.05, 3.63) is 53.6 Å². The topological polar surface area (TPSA) is 87.8 Å². The number of benzene rings is 2. The summed E-state index contributed by atoms with van der Waals surface area (Å²) in [5, 5.41) is 14.1. The summed E-state index contributed by atoms with van der Waals surface area (Å²) in [6.45, 7) is 0. The van der Waals surface area contributed by atoms with E-state index in [2.05, 4.69) is 37.5 Å². The van der Waals surface area contributed by atoms with E-state index in [9.17, 15) is 0 Å². The summed E-state index contributed by atoms with van der Waals surface area (Å²) in [6, 6.07) is 14.1. The molecule has 1 aromatic heterocycles. The van der Waals surface area contributed by atoms with Crippen LogP contribution in [0.25, 0.3) is 11.4 Å². The number of fused-ring (bicyclic) bond motifs is 1. The summed E-state index contributed by atoms with van der Waals surface area (Å²) < 4.78 is 5.21. The standard InChI is InChI=1S/C15H14N6O/c1-22-11-5-2-9(3-6-11)14-12-8-10(15-18-20-21-19-15)4-7-13(12)16-17-14/h2-8,14,16-17H,1H3,(H,18,19,20,21). The second-order valence-electron chi connectivity index (χ2n) is 5.01.